The van der Waals surface area contributed by atoms with E-state index in [-0.39, 0.29) is 30.2 Å². The molecular formula is C28H45N9O3. The van der Waals surface area contributed by atoms with Gasteiger partial charge in [-0.1, -0.05) is 50.6 Å². The first kappa shape index (κ1) is 32.3. The van der Waals surface area contributed by atoms with Gasteiger partial charge in [-0.25, -0.2) is 4.98 Å². The maximum Gasteiger partial charge on any atom is 0.240 e. The summed E-state index contributed by atoms with van der Waals surface area (Å²) >= 11 is 0. The van der Waals surface area contributed by atoms with Crippen LogP contribution < -0.4 is 33.6 Å². The highest BCUT2D eigenvalue weighted by Crippen LogP contribution is 2.21. The van der Waals surface area contributed by atoms with Gasteiger partial charge in [0, 0.05) is 36.8 Å². The molecule has 3 amide bonds. The van der Waals surface area contributed by atoms with Crippen molar-refractivity contribution in [2.45, 2.75) is 76.9 Å². The van der Waals surface area contributed by atoms with Gasteiger partial charge < -0.3 is 38.6 Å². The molecule has 2 aromatic rings. The Morgan fingerprint density at radius 1 is 0.975 bits per heavy atom. The fourth-order valence-corrected chi connectivity index (χ4v) is 4.43. The molecule has 0 aliphatic carbocycles. The Morgan fingerprint density at radius 2 is 1.70 bits per heavy atom. The largest absolute Gasteiger partial charge is 0.370 e. The lowest BCUT2D eigenvalue weighted by Crippen LogP contribution is -2.50. The summed E-state index contributed by atoms with van der Waals surface area (Å²) in [4.78, 5) is 49.6. The van der Waals surface area contributed by atoms with Crippen LogP contribution in [0.2, 0.25) is 0 Å². The highest BCUT2D eigenvalue weighted by Gasteiger charge is 2.29. The molecule has 12 heteroatoms. The smallest absolute Gasteiger partial charge is 0.240 e. The number of rotatable bonds is 18. The van der Waals surface area contributed by atoms with Crippen molar-refractivity contribution in [3.8, 4) is 0 Å². The van der Waals surface area contributed by atoms with E-state index in [9.17, 15) is 14.4 Å². The third-order valence-corrected chi connectivity index (χ3v) is 6.66. The summed E-state index contributed by atoms with van der Waals surface area (Å²) in [5.41, 5.74) is 24.4. The summed E-state index contributed by atoms with van der Waals surface area (Å²) in [6.07, 6.45) is 6.54. The van der Waals surface area contributed by atoms with E-state index >= 15 is 0 Å². The van der Waals surface area contributed by atoms with Gasteiger partial charge in [-0.15, -0.1) is 0 Å². The van der Waals surface area contributed by atoms with Gasteiger partial charge in [0.25, 0.3) is 0 Å². The van der Waals surface area contributed by atoms with Crippen molar-refractivity contribution < 1.29 is 14.4 Å². The second-order valence-electron chi connectivity index (χ2n) is 10.6. The highest BCUT2D eigenvalue weighted by molar-refractivity contribution is 5.88. The van der Waals surface area contributed by atoms with E-state index in [1.54, 1.807) is 6.20 Å². The number of nitrogens with two attached hydrogens (primary N) is 4. The molecule has 40 heavy (non-hydrogen) atoms. The minimum atomic E-state index is -0.899. The molecule has 2 rings (SSSR count). The fraction of sp³-hybridized carbons (Fsp3) is 0.536. The number of aliphatic imine (C=N–C) groups is 1. The van der Waals surface area contributed by atoms with Crippen molar-refractivity contribution in [2.75, 3.05) is 6.54 Å². The average molecular weight is 556 g/mol. The molecule has 0 radical (unpaired) electrons. The first-order chi connectivity index (χ1) is 19.0. The lowest BCUT2D eigenvalue weighted by Gasteiger charge is -2.27. The number of benzene rings is 1. The number of amides is 3. The Hall–Kier alpha value is -3.93. The van der Waals surface area contributed by atoms with E-state index in [2.05, 4.69) is 39.4 Å². The van der Waals surface area contributed by atoms with E-state index in [1.807, 2.05) is 30.3 Å². The molecule has 0 fully saturated rings. The molecule has 1 aromatic heterocycles. The zero-order valence-corrected chi connectivity index (χ0v) is 23.5. The van der Waals surface area contributed by atoms with Gasteiger partial charge in [-0.05, 0) is 43.6 Å². The van der Waals surface area contributed by atoms with Gasteiger partial charge in [0.2, 0.25) is 17.7 Å². The summed E-state index contributed by atoms with van der Waals surface area (Å²) in [6, 6.07) is 7.54. The lowest BCUT2D eigenvalue weighted by molar-refractivity contribution is -0.130. The summed E-state index contributed by atoms with van der Waals surface area (Å²) in [5, 5.41) is 5.87. The molecule has 11 N–H and O–H groups in total. The maximum absolute atomic E-state index is 13.5. The number of imidazole rings is 1. The maximum atomic E-state index is 13.5. The number of primary amides is 1. The number of carbonyl (C=O) groups is 3. The number of hydrogen-bond donors (Lipinski definition) is 7. The first-order valence-corrected chi connectivity index (χ1v) is 13.8. The summed E-state index contributed by atoms with van der Waals surface area (Å²) in [5.74, 6) is -1.34. The van der Waals surface area contributed by atoms with Crippen LogP contribution in [0.5, 0.6) is 0 Å². The van der Waals surface area contributed by atoms with Crippen LogP contribution in [0.4, 0.5) is 0 Å². The van der Waals surface area contributed by atoms with Crippen molar-refractivity contribution in [1.82, 2.24) is 20.6 Å². The second-order valence-corrected chi connectivity index (χ2v) is 10.6. The van der Waals surface area contributed by atoms with Crippen LogP contribution in [0, 0.1) is 11.8 Å². The first-order valence-electron chi connectivity index (χ1n) is 13.8. The number of aromatic nitrogens is 2. The monoisotopic (exact) mass is 555 g/mol. The Labute approximate surface area is 236 Å². The van der Waals surface area contributed by atoms with Crippen molar-refractivity contribution >= 4 is 23.7 Å². The van der Waals surface area contributed by atoms with Crippen molar-refractivity contribution in [3.05, 3.63) is 54.1 Å². The number of aromatic amines is 1. The molecule has 4 atom stereocenters. The molecule has 1 aromatic carbocycles. The Bertz CT molecular complexity index is 1070. The molecule has 220 valence electrons. The van der Waals surface area contributed by atoms with E-state index in [4.69, 9.17) is 22.9 Å². The summed E-state index contributed by atoms with van der Waals surface area (Å²) < 4.78 is 0. The SMILES string of the molecule is CC(C)CCC(CC(CCCN=C(N)N)NC(=O)C(N)Cc1ccccc1)C(=O)NC(Cc1cnc[nH]1)C(N)=O. The zero-order valence-electron chi connectivity index (χ0n) is 23.5. The normalized spacial score (nSPS) is 14.1. The quantitative estimate of drug-likeness (QED) is 0.0782. The number of nitrogens with one attached hydrogen (secondary N) is 3. The van der Waals surface area contributed by atoms with Crippen LogP contribution in [-0.2, 0) is 27.2 Å². The summed E-state index contributed by atoms with van der Waals surface area (Å²) in [6.45, 7) is 4.55. The van der Waals surface area contributed by atoms with Crippen LogP contribution in [0.3, 0.4) is 0 Å². The number of carbonyl (C=O) groups excluding carboxylic acids is 3. The van der Waals surface area contributed by atoms with Gasteiger partial charge >= 0.3 is 0 Å². The van der Waals surface area contributed by atoms with Crippen LogP contribution in [-0.4, -0.2) is 58.3 Å². The van der Waals surface area contributed by atoms with Gasteiger partial charge in [0.15, 0.2) is 5.96 Å². The number of hydrogen-bond acceptors (Lipinski definition) is 6. The molecular weight excluding hydrogens is 510 g/mol. The second kappa shape index (κ2) is 16.9. The molecule has 0 saturated heterocycles. The van der Waals surface area contributed by atoms with Crippen molar-refractivity contribution in [2.24, 2.45) is 39.8 Å². The number of H-pyrrole nitrogens is 1. The van der Waals surface area contributed by atoms with E-state index < -0.39 is 23.9 Å². The standard InChI is InChI=1S/C28H45N9O3/c1-18(2)10-11-20(26(39)37-24(25(30)38)15-22-16-33-17-35-22)14-21(9-6-12-34-28(31)32)36-27(40)23(29)13-19-7-4-3-5-8-19/h3-5,7-8,16-18,20-21,23-24H,6,9-15,29H2,1-2H3,(H2,30,38)(H,33,35)(H,36,40)(H,37,39)(H4,31,32,34). The molecule has 0 aliphatic rings. The van der Waals surface area contributed by atoms with Gasteiger partial charge in [-0.2, -0.15) is 0 Å². The van der Waals surface area contributed by atoms with Crippen LogP contribution in [0.15, 0.2) is 47.8 Å². The van der Waals surface area contributed by atoms with E-state index in [0.29, 0.717) is 50.3 Å². The number of nitrogens with zero attached hydrogens (tertiary/aromatic N) is 2. The van der Waals surface area contributed by atoms with Crippen molar-refractivity contribution in [3.63, 3.8) is 0 Å². The molecule has 1 heterocycles. The molecule has 0 saturated carbocycles. The minimum absolute atomic E-state index is 0.00517. The highest BCUT2D eigenvalue weighted by atomic mass is 16.2. The molecule has 0 bridgehead atoms. The average Bonchev–Trinajstić information content (AvgIpc) is 3.41. The third kappa shape index (κ3) is 12.3. The molecule has 0 spiro atoms. The van der Waals surface area contributed by atoms with Gasteiger partial charge in [0.05, 0.1) is 12.4 Å². The number of guanidine groups is 1. The zero-order chi connectivity index (χ0) is 29.5. The lowest BCUT2D eigenvalue weighted by atomic mass is 9.89. The summed E-state index contributed by atoms with van der Waals surface area (Å²) in [7, 11) is 0. The minimum Gasteiger partial charge on any atom is -0.370 e. The third-order valence-electron chi connectivity index (χ3n) is 6.66. The molecule has 4 unspecified atom stereocenters. The van der Waals surface area contributed by atoms with Gasteiger partial charge in [0.1, 0.15) is 6.04 Å². The van der Waals surface area contributed by atoms with Crippen molar-refractivity contribution in [1.29, 1.82) is 0 Å². The fourth-order valence-electron chi connectivity index (χ4n) is 4.43. The predicted molar refractivity (Wildman–Crippen MR) is 156 cm³/mol. The Morgan fingerprint density at radius 3 is 2.30 bits per heavy atom. The Kier molecular flexibility index (Phi) is 13.6. The topological polar surface area (TPSA) is 220 Å². The predicted octanol–water partition coefficient (Wildman–Crippen LogP) is 0.473. The van der Waals surface area contributed by atoms with Crippen LogP contribution >= 0.6 is 0 Å². The molecule has 12 nitrogen and oxygen atoms in total. The molecule has 0 aliphatic heterocycles. The van der Waals surface area contributed by atoms with Crippen LogP contribution in [0.25, 0.3) is 0 Å². The van der Waals surface area contributed by atoms with Crippen LogP contribution in [0.1, 0.15) is 57.2 Å². The van der Waals surface area contributed by atoms with Gasteiger partial charge in [-0.3, -0.25) is 19.4 Å². The van der Waals surface area contributed by atoms with E-state index in [0.717, 1.165) is 12.0 Å². The van der Waals surface area contributed by atoms with E-state index in [1.165, 1.54) is 6.33 Å². The Balaban J connectivity index is 2.16.